The van der Waals surface area contributed by atoms with Crippen LogP contribution in [0.4, 0.5) is 5.69 Å². The Bertz CT molecular complexity index is 965. The SMILES string of the molecule is O=C1C[C@H](c2ccccc2)c2c(n[nH]c2-c2cccc([N+](=O)[O-])c2)O1. The quantitative estimate of drug-likeness (QED) is 0.449. The summed E-state index contributed by atoms with van der Waals surface area (Å²) in [7, 11) is 0. The number of fused-ring (bicyclic) bond motifs is 1. The summed E-state index contributed by atoms with van der Waals surface area (Å²) in [5, 5.41) is 18.0. The largest absolute Gasteiger partial charge is 0.405 e. The zero-order valence-corrected chi connectivity index (χ0v) is 13.0. The van der Waals surface area contributed by atoms with Crippen molar-refractivity contribution in [2.45, 2.75) is 12.3 Å². The van der Waals surface area contributed by atoms with Crippen LogP contribution < -0.4 is 4.74 Å². The minimum absolute atomic E-state index is 0.00934. The molecule has 0 saturated heterocycles. The summed E-state index contributed by atoms with van der Waals surface area (Å²) < 4.78 is 5.25. The third kappa shape index (κ3) is 2.65. The van der Waals surface area contributed by atoms with Crippen LogP contribution >= 0.6 is 0 Å². The van der Waals surface area contributed by atoms with Gasteiger partial charge in [-0.3, -0.25) is 20.0 Å². The van der Waals surface area contributed by atoms with Gasteiger partial charge in [0.05, 0.1) is 22.6 Å². The lowest BCUT2D eigenvalue weighted by Crippen LogP contribution is -2.20. The number of carbonyl (C=O) groups excluding carboxylic acids is 1. The number of aromatic amines is 1. The fourth-order valence-electron chi connectivity index (χ4n) is 3.12. The van der Waals surface area contributed by atoms with Gasteiger partial charge in [-0.25, -0.2) is 0 Å². The molecule has 1 atom stereocenters. The number of nitrogens with zero attached hydrogens (tertiary/aromatic N) is 2. The lowest BCUT2D eigenvalue weighted by Gasteiger charge is -2.22. The normalized spacial score (nSPS) is 16.2. The van der Waals surface area contributed by atoms with Crippen LogP contribution in [0.15, 0.2) is 54.6 Å². The zero-order valence-electron chi connectivity index (χ0n) is 13.0. The van der Waals surface area contributed by atoms with Gasteiger partial charge in [-0.1, -0.05) is 42.5 Å². The van der Waals surface area contributed by atoms with E-state index in [1.54, 1.807) is 12.1 Å². The lowest BCUT2D eigenvalue weighted by atomic mass is 9.86. The molecule has 0 radical (unpaired) electrons. The molecular weight excluding hydrogens is 322 g/mol. The number of nitrogens with one attached hydrogen (secondary N) is 1. The van der Waals surface area contributed by atoms with Crippen molar-refractivity contribution < 1.29 is 14.5 Å². The Balaban J connectivity index is 1.87. The van der Waals surface area contributed by atoms with Crippen molar-refractivity contribution in [2.75, 3.05) is 0 Å². The van der Waals surface area contributed by atoms with Crippen molar-refractivity contribution >= 4 is 11.7 Å². The molecule has 0 unspecified atom stereocenters. The van der Waals surface area contributed by atoms with Crippen LogP contribution in [0, 0.1) is 10.1 Å². The van der Waals surface area contributed by atoms with Gasteiger partial charge in [0, 0.05) is 23.6 Å². The van der Waals surface area contributed by atoms with Gasteiger partial charge < -0.3 is 4.74 Å². The van der Waals surface area contributed by atoms with E-state index >= 15 is 0 Å². The number of esters is 1. The number of aromatic nitrogens is 2. The van der Waals surface area contributed by atoms with Crippen molar-refractivity contribution in [3.8, 4) is 17.1 Å². The lowest BCUT2D eigenvalue weighted by molar-refractivity contribution is -0.384. The Labute approximate surface area is 142 Å². The topological polar surface area (TPSA) is 98.1 Å². The van der Waals surface area contributed by atoms with Gasteiger partial charge in [-0.15, -0.1) is 5.10 Å². The number of ether oxygens (including phenoxy) is 1. The number of nitro benzene ring substituents is 1. The standard InChI is InChI=1S/C18H13N3O4/c22-15-10-14(11-5-2-1-3-6-11)16-17(19-20-18(16)25-15)12-7-4-8-13(9-12)21(23)24/h1-9,14H,10H2,(H,19,20)/t14-/m1/s1. The minimum Gasteiger partial charge on any atom is -0.405 e. The highest BCUT2D eigenvalue weighted by Gasteiger charge is 2.34. The average Bonchev–Trinajstić information content (AvgIpc) is 3.05. The first-order valence-electron chi connectivity index (χ1n) is 7.72. The molecule has 0 spiro atoms. The van der Waals surface area contributed by atoms with Crippen molar-refractivity contribution in [2.24, 2.45) is 0 Å². The van der Waals surface area contributed by atoms with E-state index in [1.807, 2.05) is 30.3 Å². The Hall–Kier alpha value is -3.48. The second-order valence-corrected chi connectivity index (χ2v) is 5.77. The van der Waals surface area contributed by atoms with Gasteiger partial charge in [0.2, 0.25) is 5.88 Å². The second-order valence-electron chi connectivity index (χ2n) is 5.77. The van der Waals surface area contributed by atoms with Crippen molar-refractivity contribution in [3.63, 3.8) is 0 Å². The molecule has 0 bridgehead atoms. The summed E-state index contributed by atoms with van der Waals surface area (Å²) in [6.07, 6.45) is 0.193. The summed E-state index contributed by atoms with van der Waals surface area (Å²) in [4.78, 5) is 22.5. The van der Waals surface area contributed by atoms with Gasteiger partial charge in [-0.2, -0.15) is 0 Å². The zero-order chi connectivity index (χ0) is 17.4. The van der Waals surface area contributed by atoms with Gasteiger partial charge >= 0.3 is 5.97 Å². The monoisotopic (exact) mass is 335 g/mol. The van der Waals surface area contributed by atoms with Crippen molar-refractivity contribution in [3.05, 3.63) is 75.8 Å². The third-order valence-electron chi connectivity index (χ3n) is 4.25. The smallest absolute Gasteiger partial charge is 0.313 e. The number of carbonyl (C=O) groups is 1. The highest BCUT2D eigenvalue weighted by molar-refractivity contribution is 5.80. The predicted molar refractivity (Wildman–Crippen MR) is 89.2 cm³/mol. The first-order chi connectivity index (χ1) is 12.1. The third-order valence-corrected chi connectivity index (χ3v) is 4.25. The van der Waals surface area contributed by atoms with E-state index in [4.69, 9.17) is 4.74 Å². The first-order valence-corrected chi connectivity index (χ1v) is 7.72. The van der Waals surface area contributed by atoms with Crippen LogP contribution in [0.5, 0.6) is 5.88 Å². The molecule has 0 amide bonds. The van der Waals surface area contributed by atoms with Gasteiger partial charge in [0.25, 0.3) is 5.69 Å². The number of rotatable bonds is 3. The predicted octanol–water partition coefficient (Wildman–Crippen LogP) is 3.43. The minimum atomic E-state index is -0.443. The number of H-pyrrole nitrogens is 1. The van der Waals surface area contributed by atoms with Crippen LogP contribution in [0.1, 0.15) is 23.5 Å². The molecule has 25 heavy (non-hydrogen) atoms. The van der Waals surface area contributed by atoms with E-state index in [-0.39, 0.29) is 29.9 Å². The second kappa shape index (κ2) is 5.86. The summed E-state index contributed by atoms with van der Waals surface area (Å²) in [6.45, 7) is 0. The Morgan fingerprint density at radius 3 is 2.72 bits per heavy atom. The molecule has 1 aromatic heterocycles. The molecule has 2 aromatic carbocycles. The average molecular weight is 335 g/mol. The van der Waals surface area contributed by atoms with Crippen molar-refractivity contribution in [1.29, 1.82) is 0 Å². The maximum absolute atomic E-state index is 11.9. The van der Waals surface area contributed by atoms with Crippen molar-refractivity contribution in [1.82, 2.24) is 10.2 Å². The highest BCUT2D eigenvalue weighted by atomic mass is 16.6. The van der Waals surface area contributed by atoms with Gasteiger partial charge in [0.1, 0.15) is 0 Å². The molecule has 0 fully saturated rings. The summed E-state index contributed by atoms with van der Waals surface area (Å²) >= 11 is 0. The van der Waals surface area contributed by atoms with Crippen LogP contribution in [-0.4, -0.2) is 21.1 Å². The van der Waals surface area contributed by atoms with E-state index in [1.165, 1.54) is 12.1 Å². The Morgan fingerprint density at radius 2 is 1.96 bits per heavy atom. The fourth-order valence-corrected chi connectivity index (χ4v) is 3.12. The Morgan fingerprint density at radius 1 is 1.16 bits per heavy atom. The molecule has 1 aliphatic rings. The van der Waals surface area contributed by atoms with Crippen LogP contribution in [-0.2, 0) is 4.79 Å². The van der Waals surface area contributed by atoms with Crippen LogP contribution in [0.25, 0.3) is 11.3 Å². The van der Waals surface area contributed by atoms with E-state index in [0.29, 0.717) is 11.3 Å². The highest BCUT2D eigenvalue weighted by Crippen LogP contribution is 2.43. The number of hydrogen-bond acceptors (Lipinski definition) is 5. The molecule has 7 heteroatoms. The summed E-state index contributed by atoms with van der Waals surface area (Å²) in [6, 6.07) is 15.9. The first kappa shape index (κ1) is 15.1. The Kier molecular flexibility index (Phi) is 3.53. The number of nitro groups is 1. The van der Waals surface area contributed by atoms with E-state index in [2.05, 4.69) is 10.2 Å². The maximum atomic E-state index is 11.9. The molecule has 1 N–H and O–H groups in total. The van der Waals surface area contributed by atoms with E-state index < -0.39 is 4.92 Å². The molecule has 0 aliphatic carbocycles. The van der Waals surface area contributed by atoms with E-state index in [0.717, 1.165) is 11.1 Å². The molecule has 2 heterocycles. The number of non-ortho nitro benzene ring substituents is 1. The summed E-state index contributed by atoms with van der Waals surface area (Å²) in [5.41, 5.74) is 2.95. The molecule has 3 aromatic rings. The molecule has 124 valence electrons. The van der Waals surface area contributed by atoms with Gasteiger partial charge in [-0.05, 0) is 5.56 Å². The number of hydrogen-bond donors (Lipinski definition) is 1. The maximum Gasteiger partial charge on any atom is 0.313 e. The van der Waals surface area contributed by atoms with E-state index in [9.17, 15) is 14.9 Å². The fraction of sp³-hybridized carbons (Fsp3) is 0.111. The summed E-state index contributed by atoms with van der Waals surface area (Å²) in [5.74, 6) is -0.337. The number of benzene rings is 2. The molecule has 0 saturated carbocycles. The van der Waals surface area contributed by atoms with Crippen LogP contribution in [0.2, 0.25) is 0 Å². The molecule has 7 nitrogen and oxygen atoms in total. The molecule has 1 aliphatic heterocycles. The van der Waals surface area contributed by atoms with Gasteiger partial charge in [0.15, 0.2) is 0 Å². The molecule has 4 rings (SSSR count). The van der Waals surface area contributed by atoms with Crippen LogP contribution in [0.3, 0.4) is 0 Å². The molecular formula is C18H13N3O4.